The minimum absolute atomic E-state index is 0.120. The van der Waals surface area contributed by atoms with E-state index in [1.54, 1.807) is 6.92 Å². The second kappa shape index (κ2) is 8.43. The Hall–Kier alpha value is 0.275. The number of esters is 1. The molecule has 0 radical (unpaired) electrons. The van der Waals surface area contributed by atoms with Crippen molar-refractivity contribution in [1.29, 1.82) is 0 Å². The van der Waals surface area contributed by atoms with E-state index in [2.05, 4.69) is 11.8 Å². The first-order chi connectivity index (χ1) is 7.01. The Morgan fingerprint density at radius 2 is 2.20 bits per heavy atom. The summed E-state index contributed by atoms with van der Waals surface area (Å²) >= 11 is 4.53. The third kappa shape index (κ3) is 7.21. The summed E-state index contributed by atoms with van der Waals surface area (Å²) in [5.74, 6) is -0.438. The van der Waals surface area contributed by atoms with Crippen LogP contribution in [0.3, 0.4) is 0 Å². The van der Waals surface area contributed by atoms with E-state index in [0.29, 0.717) is 0 Å². The second-order valence-electron chi connectivity index (χ2n) is 2.84. The van der Waals surface area contributed by atoms with E-state index in [9.17, 15) is 4.79 Å². The van der Waals surface area contributed by atoms with Crippen LogP contribution in [-0.4, -0.2) is 25.2 Å². The summed E-state index contributed by atoms with van der Waals surface area (Å²) in [7, 11) is 4.09. The van der Waals surface area contributed by atoms with Gasteiger partial charge in [0.15, 0.2) is 0 Å². The van der Waals surface area contributed by atoms with Crippen LogP contribution in [0.5, 0.6) is 0 Å². The zero-order chi connectivity index (χ0) is 11.8. The van der Waals surface area contributed by atoms with Gasteiger partial charge in [0.1, 0.15) is 0 Å². The van der Waals surface area contributed by atoms with Crippen molar-refractivity contribution in [3.63, 3.8) is 0 Å². The molecule has 0 aliphatic carbocycles. The molecule has 0 rings (SSSR count). The molecular formula is C7H13BO4P2S. The molecule has 4 nitrogen and oxygen atoms in total. The molecule has 0 aromatic carbocycles. The van der Waals surface area contributed by atoms with E-state index in [1.165, 1.54) is 0 Å². The van der Waals surface area contributed by atoms with Crippen LogP contribution in [-0.2, 0) is 30.2 Å². The van der Waals surface area contributed by atoms with Crippen LogP contribution in [0.2, 0.25) is 0 Å². The van der Waals surface area contributed by atoms with Gasteiger partial charge in [-0.1, -0.05) is 0 Å². The predicted octanol–water partition coefficient (Wildman–Crippen LogP) is 2.47. The van der Waals surface area contributed by atoms with Crippen LogP contribution in [0.1, 0.15) is 27.2 Å². The van der Waals surface area contributed by atoms with Crippen LogP contribution < -0.4 is 0 Å². The van der Waals surface area contributed by atoms with Gasteiger partial charge >= 0.3 is 97.8 Å². The third-order valence-corrected chi connectivity index (χ3v) is 3.63. The molecule has 0 saturated heterocycles. The average Bonchev–Trinajstić information content (AvgIpc) is 2.17. The third-order valence-electron chi connectivity index (χ3n) is 1.60. The first kappa shape index (κ1) is 15.3. The van der Waals surface area contributed by atoms with Gasteiger partial charge in [-0.05, 0) is 0 Å². The Morgan fingerprint density at radius 3 is 2.67 bits per heavy atom. The maximum atomic E-state index is 11.4. The summed E-state index contributed by atoms with van der Waals surface area (Å²) in [6.45, 7) is 5.31. The fourth-order valence-electron chi connectivity index (χ4n) is 0.628. The molecule has 84 valence electrons. The van der Waals surface area contributed by atoms with E-state index < -0.39 is 19.8 Å². The van der Waals surface area contributed by atoms with Crippen LogP contribution >= 0.6 is 15.3 Å². The molecule has 0 aromatic rings. The number of rotatable bonds is 5. The standard InChI is InChI=1S/C7H13BO4P2S/c1-4-5(2)10-7(9)6(3)11-14(8)12-13-15/h5-6H,4H2,1-3H3. The van der Waals surface area contributed by atoms with Crippen LogP contribution in [0.25, 0.3) is 0 Å². The van der Waals surface area contributed by atoms with Crippen molar-refractivity contribution in [3.8, 4) is 0 Å². The molecule has 3 unspecified atom stereocenters. The Kier molecular flexibility index (Phi) is 8.58. The summed E-state index contributed by atoms with van der Waals surface area (Å²) in [4.78, 5) is 11.4. The van der Waals surface area contributed by atoms with Crippen molar-refractivity contribution < 1.29 is 18.4 Å². The van der Waals surface area contributed by atoms with Gasteiger partial charge in [0, 0.05) is 0 Å². The number of hydrogen-bond donors (Lipinski definition) is 0. The summed E-state index contributed by atoms with van der Waals surface area (Å²) in [5.41, 5.74) is 0. The van der Waals surface area contributed by atoms with Gasteiger partial charge in [0.25, 0.3) is 0 Å². The van der Waals surface area contributed by atoms with Crippen molar-refractivity contribution in [2.75, 3.05) is 0 Å². The van der Waals surface area contributed by atoms with E-state index in [-0.39, 0.29) is 13.7 Å². The summed E-state index contributed by atoms with van der Waals surface area (Å²) in [6, 6.07) is 0. The quantitative estimate of drug-likeness (QED) is 0.434. The molecule has 0 aromatic heterocycles. The van der Waals surface area contributed by atoms with Gasteiger partial charge in [0.05, 0.1) is 0 Å². The number of hydrogen-bond acceptors (Lipinski definition) is 5. The van der Waals surface area contributed by atoms with E-state index in [4.69, 9.17) is 20.6 Å². The molecule has 3 atom stereocenters. The monoisotopic (exact) mass is 266 g/mol. The number of carbonyl (C=O) groups is 1. The molecular weight excluding hydrogens is 253 g/mol. The first-order valence-electron chi connectivity index (χ1n) is 4.43. The molecule has 0 N–H and O–H groups in total. The SMILES string of the molecule is B#P(OP=S)OC(C)C(=O)OC(C)CC. The van der Waals surface area contributed by atoms with Gasteiger partial charge in [-0.25, -0.2) is 0 Å². The minimum atomic E-state index is -1.60. The molecule has 0 amide bonds. The zero-order valence-electron chi connectivity index (χ0n) is 8.87. The van der Waals surface area contributed by atoms with Gasteiger partial charge in [-0.3, -0.25) is 0 Å². The van der Waals surface area contributed by atoms with E-state index in [0.717, 1.165) is 6.42 Å². The molecule has 0 spiro atoms. The number of carbonyl (C=O) groups excluding carboxylic acids is 1. The fourth-order valence-corrected chi connectivity index (χ4v) is 2.03. The van der Waals surface area contributed by atoms with Crippen LogP contribution in [0, 0.1) is 0 Å². The zero-order valence-corrected chi connectivity index (χ0v) is 11.5. The maximum absolute atomic E-state index is 11.4. The van der Waals surface area contributed by atoms with Crippen molar-refractivity contribution in [2.45, 2.75) is 39.4 Å². The van der Waals surface area contributed by atoms with Gasteiger partial charge in [0.2, 0.25) is 0 Å². The molecule has 0 aliphatic heterocycles. The molecule has 0 heterocycles. The van der Waals surface area contributed by atoms with Crippen LogP contribution in [0.15, 0.2) is 0 Å². The molecule has 0 bridgehead atoms. The summed E-state index contributed by atoms with van der Waals surface area (Å²) in [5, 5.41) is 0. The Morgan fingerprint density at radius 1 is 1.60 bits per heavy atom. The Balaban J connectivity index is 4.00. The van der Waals surface area contributed by atoms with Gasteiger partial charge in [-0.2, -0.15) is 0 Å². The van der Waals surface area contributed by atoms with Crippen molar-refractivity contribution >= 4 is 40.1 Å². The van der Waals surface area contributed by atoms with E-state index >= 15 is 0 Å². The predicted molar refractivity (Wildman–Crippen MR) is 64.4 cm³/mol. The molecule has 0 fully saturated rings. The van der Waals surface area contributed by atoms with Gasteiger partial charge in [-0.15, -0.1) is 0 Å². The van der Waals surface area contributed by atoms with E-state index in [1.807, 2.05) is 13.8 Å². The Bertz CT molecular complexity index is 290. The average molecular weight is 266 g/mol. The normalized spacial score (nSPS) is 15.9. The van der Waals surface area contributed by atoms with Gasteiger partial charge < -0.3 is 0 Å². The van der Waals surface area contributed by atoms with Crippen molar-refractivity contribution in [2.24, 2.45) is 0 Å². The molecule has 15 heavy (non-hydrogen) atoms. The summed E-state index contributed by atoms with van der Waals surface area (Å²) in [6.07, 6.45) is -0.0886. The molecule has 0 saturated carbocycles. The fraction of sp³-hybridized carbons (Fsp3) is 0.857. The van der Waals surface area contributed by atoms with Crippen LogP contribution in [0.4, 0.5) is 0 Å². The molecule has 0 aliphatic rings. The first-order valence-corrected chi connectivity index (χ1v) is 7.50. The summed E-state index contributed by atoms with van der Waals surface area (Å²) < 4.78 is 14.9. The number of ether oxygens (including phenoxy) is 1. The Labute approximate surface area is 98.1 Å². The second-order valence-corrected chi connectivity index (χ2v) is 4.88. The van der Waals surface area contributed by atoms with Crippen molar-refractivity contribution in [3.05, 3.63) is 0 Å². The topological polar surface area (TPSA) is 44.8 Å². The molecule has 8 heteroatoms. The van der Waals surface area contributed by atoms with Crippen molar-refractivity contribution in [1.82, 2.24) is 0 Å².